The molecule has 1 atom stereocenters. The molecular formula is C14H15NO3. The summed E-state index contributed by atoms with van der Waals surface area (Å²) in [6, 6.07) is 6.75. The van der Waals surface area contributed by atoms with Gasteiger partial charge in [0.15, 0.2) is 0 Å². The second-order valence-corrected chi connectivity index (χ2v) is 4.32. The molecule has 4 heteroatoms. The molecule has 1 aliphatic heterocycles. The van der Waals surface area contributed by atoms with Gasteiger partial charge in [-0.15, -0.1) is 0 Å². The van der Waals surface area contributed by atoms with Crippen LogP contribution in [-0.4, -0.2) is 28.4 Å². The lowest BCUT2D eigenvalue weighted by atomic mass is 10.0. The Morgan fingerprint density at radius 1 is 1.33 bits per heavy atom. The van der Waals surface area contributed by atoms with E-state index in [0.29, 0.717) is 0 Å². The maximum Gasteiger partial charge on any atom is 0.335 e. The summed E-state index contributed by atoms with van der Waals surface area (Å²) >= 11 is 0. The molecule has 1 unspecified atom stereocenters. The Morgan fingerprint density at radius 2 is 2.00 bits per heavy atom. The van der Waals surface area contributed by atoms with Crippen LogP contribution in [0.15, 0.2) is 36.9 Å². The second kappa shape index (κ2) is 5.04. The number of hydrogen-bond acceptors (Lipinski definition) is 2. The number of rotatable bonds is 3. The highest BCUT2D eigenvalue weighted by molar-refractivity contribution is 5.88. The number of likely N-dealkylation sites (tertiary alicyclic amines) is 1. The van der Waals surface area contributed by atoms with Gasteiger partial charge in [-0.3, -0.25) is 4.79 Å². The molecule has 1 aliphatic rings. The normalized spacial score (nSPS) is 18.7. The first-order valence-electron chi connectivity index (χ1n) is 5.90. The predicted octanol–water partition coefficient (Wildman–Crippen LogP) is 2.23. The molecule has 0 bridgehead atoms. The van der Waals surface area contributed by atoms with E-state index in [1.165, 1.54) is 6.08 Å². The number of carbonyl (C=O) groups is 2. The third-order valence-corrected chi connectivity index (χ3v) is 3.25. The summed E-state index contributed by atoms with van der Waals surface area (Å²) in [5.41, 5.74) is 1.24. The number of benzene rings is 1. The number of amides is 1. The van der Waals surface area contributed by atoms with Crippen LogP contribution in [0.3, 0.4) is 0 Å². The fourth-order valence-corrected chi connectivity index (χ4v) is 2.34. The molecule has 1 fully saturated rings. The molecule has 0 aromatic heterocycles. The first kappa shape index (κ1) is 12.4. The van der Waals surface area contributed by atoms with Gasteiger partial charge in [0.05, 0.1) is 11.6 Å². The quantitative estimate of drug-likeness (QED) is 0.831. The van der Waals surface area contributed by atoms with Crippen molar-refractivity contribution in [3.8, 4) is 0 Å². The van der Waals surface area contributed by atoms with E-state index in [-0.39, 0.29) is 17.5 Å². The van der Waals surface area contributed by atoms with Gasteiger partial charge in [0, 0.05) is 6.54 Å². The second-order valence-electron chi connectivity index (χ2n) is 4.32. The van der Waals surface area contributed by atoms with Crippen LogP contribution in [0.1, 0.15) is 34.8 Å². The standard InChI is InChI=1S/C14H15NO3/c1-2-13(16)15-9-3-4-12(15)10-5-7-11(8-6-10)14(17)18/h2,5-8,12H,1,3-4,9H2,(H,17,18). The Morgan fingerprint density at radius 3 is 2.56 bits per heavy atom. The van der Waals surface area contributed by atoms with E-state index in [1.807, 2.05) is 0 Å². The van der Waals surface area contributed by atoms with Gasteiger partial charge in [-0.25, -0.2) is 4.79 Å². The summed E-state index contributed by atoms with van der Waals surface area (Å²) in [6.45, 7) is 4.23. The number of aromatic carboxylic acids is 1. The van der Waals surface area contributed by atoms with Crippen molar-refractivity contribution in [1.29, 1.82) is 0 Å². The van der Waals surface area contributed by atoms with E-state index in [2.05, 4.69) is 6.58 Å². The molecule has 1 aromatic rings. The van der Waals surface area contributed by atoms with Gasteiger partial charge < -0.3 is 10.0 Å². The summed E-state index contributed by atoms with van der Waals surface area (Å²) in [4.78, 5) is 24.2. The average Bonchev–Trinajstić information content (AvgIpc) is 2.87. The fraction of sp³-hybridized carbons (Fsp3) is 0.286. The van der Waals surface area contributed by atoms with E-state index < -0.39 is 5.97 Å². The highest BCUT2D eigenvalue weighted by Gasteiger charge is 2.28. The number of nitrogens with zero attached hydrogens (tertiary/aromatic N) is 1. The van der Waals surface area contributed by atoms with Gasteiger partial charge in [0.25, 0.3) is 0 Å². The maximum atomic E-state index is 11.7. The van der Waals surface area contributed by atoms with Crippen LogP contribution in [0, 0.1) is 0 Å². The summed E-state index contributed by atoms with van der Waals surface area (Å²) < 4.78 is 0. The number of carbonyl (C=O) groups excluding carboxylic acids is 1. The molecule has 1 heterocycles. The van der Waals surface area contributed by atoms with Gasteiger partial charge in [0.1, 0.15) is 0 Å². The lowest BCUT2D eigenvalue weighted by molar-refractivity contribution is -0.126. The molecule has 1 N–H and O–H groups in total. The van der Waals surface area contributed by atoms with Crippen LogP contribution in [-0.2, 0) is 4.79 Å². The van der Waals surface area contributed by atoms with E-state index in [4.69, 9.17) is 5.11 Å². The van der Waals surface area contributed by atoms with Gasteiger partial charge in [0.2, 0.25) is 5.91 Å². The molecule has 0 saturated carbocycles. The minimum Gasteiger partial charge on any atom is -0.478 e. The zero-order chi connectivity index (χ0) is 13.1. The van der Waals surface area contributed by atoms with Crippen LogP contribution in [0.4, 0.5) is 0 Å². The lowest BCUT2D eigenvalue weighted by Gasteiger charge is -2.23. The number of hydrogen-bond donors (Lipinski definition) is 1. The Bertz CT molecular complexity index is 478. The first-order chi connectivity index (χ1) is 8.63. The van der Waals surface area contributed by atoms with Crippen LogP contribution < -0.4 is 0 Å². The topological polar surface area (TPSA) is 57.6 Å². The highest BCUT2D eigenvalue weighted by atomic mass is 16.4. The van der Waals surface area contributed by atoms with E-state index >= 15 is 0 Å². The van der Waals surface area contributed by atoms with Crippen molar-refractivity contribution < 1.29 is 14.7 Å². The minimum atomic E-state index is -0.938. The van der Waals surface area contributed by atoms with Crippen molar-refractivity contribution in [1.82, 2.24) is 4.90 Å². The van der Waals surface area contributed by atoms with E-state index in [9.17, 15) is 9.59 Å². The van der Waals surface area contributed by atoms with Crippen LogP contribution in [0.2, 0.25) is 0 Å². The third-order valence-electron chi connectivity index (χ3n) is 3.25. The van der Waals surface area contributed by atoms with Gasteiger partial charge >= 0.3 is 5.97 Å². The molecule has 1 amide bonds. The molecule has 1 saturated heterocycles. The molecule has 1 aromatic carbocycles. The Hall–Kier alpha value is -2.10. The summed E-state index contributed by atoms with van der Waals surface area (Å²) in [5, 5.41) is 8.84. The summed E-state index contributed by atoms with van der Waals surface area (Å²) in [5.74, 6) is -1.01. The SMILES string of the molecule is C=CC(=O)N1CCCC1c1ccc(C(=O)O)cc1. The van der Waals surface area contributed by atoms with Crippen molar-refractivity contribution in [2.75, 3.05) is 6.54 Å². The molecule has 18 heavy (non-hydrogen) atoms. The summed E-state index contributed by atoms with van der Waals surface area (Å²) in [6.07, 6.45) is 3.20. The molecule has 0 spiro atoms. The van der Waals surface area contributed by atoms with Crippen molar-refractivity contribution in [2.45, 2.75) is 18.9 Å². The van der Waals surface area contributed by atoms with Crippen molar-refractivity contribution in [2.24, 2.45) is 0 Å². The van der Waals surface area contributed by atoms with Crippen LogP contribution in [0.5, 0.6) is 0 Å². The number of carboxylic acid groups (broad SMARTS) is 1. The van der Waals surface area contributed by atoms with Gasteiger partial charge in [-0.05, 0) is 36.6 Å². The third kappa shape index (κ3) is 2.27. The monoisotopic (exact) mass is 245 g/mol. The Labute approximate surface area is 106 Å². The van der Waals surface area contributed by atoms with Crippen molar-refractivity contribution >= 4 is 11.9 Å². The zero-order valence-electron chi connectivity index (χ0n) is 10.0. The molecule has 4 nitrogen and oxygen atoms in total. The van der Waals surface area contributed by atoms with E-state index in [0.717, 1.165) is 24.9 Å². The molecular weight excluding hydrogens is 230 g/mol. The summed E-state index contributed by atoms with van der Waals surface area (Å²) in [7, 11) is 0. The average molecular weight is 245 g/mol. The molecule has 0 radical (unpaired) electrons. The number of carboxylic acids is 1. The Balaban J connectivity index is 2.22. The molecule has 2 rings (SSSR count). The van der Waals surface area contributed by atoms with Crippen LogP contribution in [0.25, 0.3) is 0 Å². The van der Waals surface area contributed by atoms with E-state index in [1.54, 1.807) is 29.2 Å². The lowest BCUT2D eigenvalue weighted by Crippen LogP contribution is -2.28. The molecule has 94 valence electrons. The maximum absolute atomic E-state index is 11.7. The first-order valence-corrected chi connectivity index (χ1v) is 5.90. The van der Waals surface area contributed by atoms with Crippen LogP contribution >= 0.6 is 0 Å². The smallest absolute Gasteiger partial charge is 0.335 e. The molecule has 0 aliphatic carbocycles. The minimum absolute atomic E-state index is 0.0401. The van der Waals surface area contributed by atoms with Crippen molar-refractivity contribution in [3.05, 3.63) is 48.0 Å². The van der Waals surface area contributed by atoms with Crippen molar-refractivity contribution in [3.63, 3.8) is 0 Å². The Kier molecular flexibility index (Phi) is 3.46. The largest absolute Gasteiger partial charge is 0.478 e. The highest BCUT2D eigenvalue weighted by Crippen LogP contribution is 2.32. The predicted molar refractivity (Wildman–Crippen MR) is 67.3 cm³/mol. The van der Waals surface area contributed by atoms with Gasteiger partial charge in [-0.2, -0.15) is 0 Å². The van der Waals surface area contributed by atoms with Gasteiger partial charge in [-0.1, -0.05) is 18.7 Å². The fourth-order valence-electron chi connectivity index (χ4n) is 2.34. The zero-order valence-corrected chi connectivity index (χ0v) is 10.0.